The molecular weight excluding hydrogens is 266 g/mol. The number of amides is 3. The molecule has 5 nitrogen and oxygen atoms in total. The van der Waals surface area contributed by atoms with E-state index in [2.05, 4.69) is 26.1 Å². The van der Waals surface area contributed by atoms with Crippen LogP contribution in [0.4, 0.5) is 4.79 Å². The third-order valence-electron chi connectivity index (χ3n) is 5.09. The van der Waals surface area contributed by atoms with Crippen LogP contribution >= 0.6 is 0 Å². The van der Waals surface area contributed by atoms with Crippen LogP contribution in [0, 0.1) is 17.3 Å². The zero-order valence-electron chi connectivity index (χ0n) is 14.0. The second-order valence-corrected chi connectivity index (χ2v) is 7.43. The summed E-state index contributed by atoms with van der Waals surface area (Å²) >= 11 is 0. The lowest BCUT2D eigenvalue weighted by Crippen LogP contribution is -2.45. The summed E-state index contributed by atoms with van der Waals surface area (Å²) in [6, 6.07) is 0.259. The van der Waals surface area contributed by atoms with Crippen molar-refractivity contribution in [2.24, 2.45) is 17.3 Å². The minimum absolute atomic E-state index is 0.00129. The molecule has 0 bridgehead atoms. The number of carbonyl (C=O) groups is 2. The zero-order chi connectivity index (χ0) is 15.8. The molecule has 2 fully saturated rings. The lowest BCUT2D eigenvalue weighted by atomic mass is 10.0. The maximum absolute atomic E-state index is 12.4. The fourth-order valence-electron chi connectivity index (χ4n) is 3.44. The van der Waals surface area contributed by atoms with Crippen molar-refractivity contribution >= 4 is 11.9 Å². The summed E-state index contributed by atoms with van der Waals surface area (Å²) in [5, 5.41) is 3.18. The Morgan fingerprint density at radius 3 is 2.48 bits per heavy atom. The molecule has 0 radical (unpaired) electrons. The molecule has 120 valence electrons. The molecule has 1 saturated carbocycles. The predicted octanol–water partition coefficient (Wildman–Crippen LogP) is 1.93. The highest BCUT2D eigenvalue weighted by atomic mass is 16.2. The van der Waals surface area contributed by atoms with Crippen LogP contribution in [0.25, 0.3) is 0 Å². The zero-order valence-corrected chi connectivity index (χ0v) is 14.0. The van der Waals surface area contributed by atoms with E-state index < -0.39 is 0 Å². The van der Waals surface area contributed by atoms with Gasteiger partial charge in [-0.3, -0.25) is 4.79 Å². The summed E-state index contributed by atoms with van der Waals surface area (Å²) in [7, 11) is 3.54. The SMILES string of the molecule is CCC(NC(=O)N1CCC(C(=O)N(C)C)C1)C1CC1(C)C. The molecule has 1 aliphatic heterocycles. The molecule has 1 saturated heterocycles. The largest absolute Gasteiger partial charge is 0.349 e. The van der Waals surface area contributed by atoms with E-state index in [4.69, 9.17) is 0 Å². The van der Waals surface area contributed by atoms with Crippen molar-refractivity contribution < 1.29 is 9.59 Å². The van der Waals surface area contributed by atoms with E-state index >= 15 is 0 Å². The van der Waals surface area contributed by atoms with Gasteiger partial charge in [0.1, 0.15) is 0 Å². The molecule has 0 aromatic carbocycles. The molecule has 1 aliphatic carbocycles. The Hall–Kier alpha value is -1.26. The van der Waals surface area contributed by atoms with E-state index in [9.17, 15) is 9.59 Å². The Morgan fingerprint density at radius 2 is 2.00 bits per heavy atom. The topological polar surface area (TPSA) is 52.7 Å². The normalized spacial score (nSPS) is 28.1. The molecule has 21 heavy (non-hydrogen) atoms. The number of urea groups is 1. The second kappa shape index (κ2) is 5.85. The van der Waals surface area contributed by atoms with Crippen molar-refractivity contribution in [3.63, 3.8) is 0 Å². The fraction of sp³-hybridized carbons (Fsp3) is 0.875. The maximum atomic E-state index is 12.4. The van der Waals surface area contributed by atoms with E-state index in [0.717, 1.165) is 12.8 Å². The number of likely N-dealkylation sites (tertiary alicyclic amines) is 1. The summed E-state index contributed by atoms with van der Waals surface area (Å²) in [6.07, 6.45) is 2.93. The third-order valence-corrected chi connectivity index (χ3v) is 5.09. The van der Waals surface area contributed by atoms with E-state index in [1.807, 2.05) is 0 Å². The van der Waals surface area contributed by atoms with Crippen LogP contribution in [0.5, 0.6) is 0 Å². The van der Waals surface area contributed by atoms with Gasteiger partial charge in [0.2, 0.25) is 5.91 Å². The molecule has 2 rings (SSSR count). The number of nitrogens with zero attached hydrogens (tertiary/aromatic N) is 2. The molecular formula is C16H29N3O2. The summed E-state index contributed by atoms with van der Waals surface area (Å²) in [6.45, 7) is 7.87. The van der Waals surface area contributed by atoms with Gasteiger partial charge in [-0.1, -0.05) is 20.8 Å². The van der Waals surface area contributed by atoms with Crippen molar-refractivity contribution in [3.8, 4) is 0 Å². The Kier molecular flexibility index (Phi) is 4.49. The van der Waals surface area contributed by atoms with Gasteiger partial charge in [0.15, 0.2) is 0 Å². The van der Waals surface area contributed by atoms with E-state index in [0.29, 0.717) is 24.4 Å². The molecule has 0 aromatic rings. The van der Waals surface area contributed by atoms with Gasteiger partial charge < -0.3 is 15.1 Å². The third kappa shape index (κ3) is 3.50. The van der Waals surface area contributed by atoms with Crippen molar-refractivity contribution in [1.82, 2.24) is 15.1 Å². The van der Waals surface area contributed by atoms with E-state index in [1.54, 1.807) is 23.9 Å². The first-order valence-electron chi connectivity index (χ1n) is 8.03. The average Bonchev–Trinajstić information content (AvgIpc) is 2.87. The summed E-state index contributed by atoms with van der Waals surface area (Å²) in [5.74, 6) is 0.678. The lowest BCUT2D eigenvalue weighted by Gasteiger charge is -2.24. The van der Waals surface area contributed by atoms with Gasteiger partial charge in [-0.25, -0.2) is 4.79 Å². The van der Waals surface area contributed by atoms with Gasteiger partial charge in [0.05, 0.1) is 5.92 Å². The van der Waals surface area contributed by atoms with Gasteiger partial charge in [-0.15, -0.1) is 0 Å². The summed E-state index contributed by atoms with van der Waals surface area (Å²) in [5.41, 5.74) is 0.363. The van der Waals surface area contributed by atoms with Crippen molar-refractivity contribution in [3.05, 3.63) is 0 Å². The Labute approximate surface area is 128 Å². The number of nitrogens with one attached hydrogen (secondary N) is 1. The van der Waals surface area contributed by atoms with E-state index in [1.165, 1.54) is 6.42 Å². The summed E-state index contributed by atoms with van der Waals surface area (Å²) < 4.78 is 0. The van der Waals surface area contributed by atoms with Gasteiger partial charge in [0, 0.05) is 33.2 Å². The standard InChI is InChI=1S/C16H29N3O2/c1-6-13(12-9-16(12,2)3)17-15(21)19-8-7-11(10-19)14(20)18(4)5/h11-13H,6-10H2,1-5H3,(H,17,21). The molecule has 0 spiro atoms. The quantitative estimate of drug-likeness (QED) is 0.861. The van der Waals surface area contributed by atoms with Crippen LogP contribution in [0.2, 0.25) is 0 Å². The van der Waals surface area contributed by atoms with Crippen LogP contribution in [0.1, 0.15) is 40.0 Å². The highest BCUT2D eigenvalue weighted by Crippen LogP contribution is 2.54. The number of carbonyl (C=O) groups excluding carboxylic acids is 2. The lowest BCUT2D eigenvalue weighted by molar-refractivity contribution is -0.132. The molecule has 3 atom stereocenters. The van der Waals surface area contributed by atoms with Crippen LogP contribution in [-0.4, -0.2) is 55.0 Å². The molecule has 3 amide bonds. The van der Waals surface area contributed by atoms with Gasteiger partial charge in [-0.05, 0) is 30.6 Å². The molecule has 0 aromatic heterocycles. The first-order chi connectivity index (χ1) is 9.76. The van der Waals surface area contributed by atoms with Crippen LogP contribution in [0.15, 0.2) is 0 Å². The van der Waals surface area contributed by atoms with Crippen molar-refractivity contribution in [1.29, 1.82) is 0 Å². The Bertz CT molecular complexity index is 420. The first kappa shape index (κ1) is 16.1. The minimum atomic E-state index is -0.0387. The highest BCUT2D eigenvalue weighted by Gasteiger charge is 2.50. The smallest absolute Gasteiger partial charge is 0.317 e. The van der Waals surface area contributed by atoms with Crippen molar-refractivity contribution in [2.45, 2.75) is 46.1 Å². The Morgan fingerprint density at radius 1 is 1.38 bits per heavy atom. The van der Waals surface area contributed by atoms with E-state index in [-0.39, 0.29) is 23.9 Å². The second-order valence-electron chi connectivity index (χ2n) is 7.43. The number of hydrogen-bond acceptors (Lipinski definition) is 2. The minimum Gasteiger partial charge on any atom is -0.349 e. The van der Waals surface area contributed by atoms with Crippen LogP contribution in [-0.2, 0) is 4.79 Å². The van der Waals surface area contributed by atoms with Crippen LogP contribution < -0.4 is 5.32 Å². The number of hydrogen-bond donors (Lipinski definition) is 1. The number of rotatable bonds is 4. The van der Waals surface area contributed by atoms with Gasteiger partial charge in [-0.2, -0.15) is 0 Å². The first-order valence-corrected chi connectivity index (χ1v) is 8.03. The van der Waals surface area contributed by atoms with Crippen molar-refractivity contribution in [2.75, 3.05) is 27.2 Å². The Balaban J connectivity index is 1.86. The average molecular weight is 295 g/mol. The molecule has 1 N–H and O–H groups in total. The van der Waals surface area contributed by atoms with Gasteiger partial charge in [0.25, 0.3) is 0 Å². The molecule has 1 heterocycles. The molecule has 3 unspecified atom stereocenters. The molecule has 2 aliphatic rings. The van der Waals surface area contributed by atoms with Crippen LogP contribution in [0.3, 0.4) is 0 Å². The monoisotopic (exact) mass is 295 g/mol. The van der Waals surface area contributed by atoms with Gasteiger partial charge >= 0.3 is 6.03 Å². The molecule has 5 heteroatoms. The summed E-state index contributed by atoms with van der Waals surface area (Å²) in [4.78, 5) is 27.8. The fourth-order valence-corrected chi connectivity index (χ4v) is 3.44. The maximum Gasteiger partial charge on any atom is 0.317 e. The highest BCUT2D eigenvalue weighted by molar-refractivity contribution is 5.81. The predicted molar refractivity (Wildman–Crippen MR) is 82.9 cm³/mol.